The Kier molecular flexibility index (Phi) is 4.96. The molecule has 1 heterocycles. The topological polar surface area (TPSA) is 69.6 Å². The normalized spacial score (nSPS) is 17.9. The standard InChI is InChI=1S/C14H16Cl2N2O3/c1-8-4-11(16)12(6-10(8)15)17-14(21)18-3-2-9(7-18)5-13(19)20/h4,6,9H,2-3,5,7H2,1H3,(H,17,21)(H,19,20). The smallest absolute Gasteiger partial charge is 0.321 e. The molecule has 7 heteroatoms. The third kappa shape index (κ3) is 4.02. The highest BCUT2D eigenvalue weighted by molar-refractivity contribution is 6.36. The Morgan fingerprint density at radius 1 is 1.38 bits per heavy atom. The molecule has 114 valence electrons. The van der Waals surface area contributed by atoms with Gasteiger partial charge >= 0.3 is 12.0 Å². The first-order chi connectivity index (χ1) is 9.86. The van der Waals surface area contributed by atoms with Gasteiger partial charge in [0, 0.05) is 24.5 Å². The summed E-state index contributed by atoms with van der Waals surface area (Å²) in [6.07, 6.45) is 0.781. The van der Waals surface area contributed by atoms with Crippen LogP contribution in [0.25, 0.3) is 0 Å². The average molecular weight is 331 g/mol. The number of carbonyl (C=O) groups excluding carboxylic acids is 1. The molecule has 1 atom stereocenters. The molecule has 1 unspecified atom stereocenters. The second-order valence-corrected chi connectivity index (χ2v) is 6.02. The van der Waals surface area contributed by atoms with Gasteiger partial charge in [-0.25, -0.2) is 4.79 Å². The number of anilines is 1. The Bertz CT molecular complexity index is 578. The number of urea groups is 1. The van der Waals surface area contributed by atoms with Crippen molar-refractivity contribution in [1.82, 2.24) is 4.90 Å². The van der Waals surface area contributed by atoms with Crippen molar-refractivity contribution < 1.29 is 14.7 Å². The Morgan fingerprint density at radius 2 is 2.10 bits per heavy atom. The Balaban J connectivity index is 1.99. The van der Waals surface area contributed by atoms with E-state index in [-0.39, 0.29) is 18.4 Å². The minimum atomic E-state index is -0.837. The van der Waals surface area contributed by atoms with Gasteiger partial charge in [-0.05, 0) is 37.0 Å². The molecule has 1 aromatic rings. The van der Waals surface area contributed by atoms with Crippen LogP contribution in [0.3, 0.4) is 0 Å². The number of carboxylic acid groups (broad SMARTS) is 1. The summed E-state index contributed by atoms with van der Waals surface area (Å²) < 4.78 is 0. The minimum Gasteiger partial charge on any atom is -0.481 e. The van der Waals surface area contributed by atoms with Gasteiger partial charge in [-0.1, -0.05) is 23.2 Å². The fourth-order valence-corrected chi connectivity index (χ4v) is 2.80. The lowest BCUT2D eigenvalue weighted by molar-refractivity contribution is -0.138. The van der Waals surface area contributed by atoms with Crippen LogP contribution >= 0.6 is 23.2 Å². The summed E-state index contributed by atoms with van der Waals surface area (Å²) in [5, 5.41) is 12.4. The highest BCUT2D eigenvalue weighted by atomic mass is 35.5. The van der Waals surface area contributed by atoms with Crippen LogP contribution in [0.15, 0.2) is 12.1 Å². The number of nitrogens with zero attached hydrogens (tertiary/aromatic N) is 1. The van der Waals surface area contributed by atoms with E-state index in [1.54, 1.807) is 17.0 Å². The average Bonchev–Trinajstić information content (AvgIpc) is 2.83. The maximum atomic E-state index is 12.2. The molecule has 0 aromatic heterocycles. The van der Waals surface area contributed by atoms with Gasteiger partial charge in [0.05, 0.1) is 10.7 Å². The SMILES string of the molecule is Cc1cc(Cl)c(NC(=O)N2CCC(CC(=O)O)C2)cc1Cl. The summed E-state index contributed by atoms with van der Waals surface area (Å²) in [5.41, 5.74) is 1.29. The zero-order valence-corrected chi connectivity index (χ0v) is 13.0. The quantitative estimate of drug-likeness (QED) is 0.888. The third-order valence-electron chi connectivity index (χ3n) is 3.53. The number of rotatable bonds is 3. The van der Waals surface area contributed by atoms with Gasteiger partial charge in [-0.2, -0.15) is 0 Å². The van der Waals surface area contributed by atoms with Gasteiger partial charge in [0.25, 0.3) is 0 Å². The van der Waals surface area contributed by atoms with E-state index in [0.717, 1.165) is 5.56 Å². The Hall–Kier alpha value is -1.46. The predicted octanol–water partition coefficient (Wildman–Crippen LogP) is 3.63. The van der Waals surface area contributed by atoms with Crippen molar-refractivity contribution in [1.29, 1.82) is 0 Å². The molecule has 1 aliphatic heterocycles. The number of likely N-dealkylation sites (tertiary alicyclic amines) is 1. The van der Waals surface area contributed by atoms with Crippen LogP contribution in [0.4, 0.5) is 10.5 Å². The number of halogens is 2. The van der Waals surface area contributed by atoms with Crippen molar-refractivity contribution in [3.8, 4) is 0 Å². The minimum absolute atomic E-state index is 0.00493. The number of aryl methyl sites for hydroxylation is 1. The van der Waals surface area contributed by atoms with Crippen molar-refractivity contribution in [2.45, 2.75) is 19.8 Å². The monoisotopic (exact) mass is 330 g/mol. The van der Waals surface area contributed by atoms with Crippen LogP contribution in [0.5, 0.6) is 0 Å². The van der Waals surface area contributed by atoms with E-state index in [1.165, 1.54) is 0 Å². The molecule has 2 rings (SSSR count). The van der Waals surface area contributed by atoms with Crippen LogP contribution in [-0.2, 0) is 4.79 Å². The second-order valence-electron chi connectivity index (χ2n) is 5.21. The van der Waals surface area contributed by atoms with E-state index >= 15 is 0 Å². The predicted molar refractivity (Wildman–Crippen MR) is 82.2 cm³/mol. The molecule has 0 radical (unpaired) electrons. The zero-order valence-electron chi connectivity index (χ0n) is 11.5. The van der Waals surface area contributed by atoms with Crippen molar-refractivity contribution in [3.05, 3.63) is 27.7 Å². The third-order valence-corrected chi connectivity index (χ3v) is 4.25. The molecule has 0 bridgehead atoms. The van der Waals surface area contributed by atoms with Crippen LogP contribution in [0.1, 0.15) is 18.4 Å². The molecule has 2 N–H and O–H groups in total. The summed E-state index contributed by atoms with van der Waals surface area (Å²) in [5.74, 6) is -0.832. The van der Waals surface area contributed by atoms with Gasteiger partial charge in [0.1, 0.15) is 0 Å². The molecule has 21 heavy (non-hydrogen) atoms. The lowest BCUT2D eigenvalue weighted by atomic mass is 10.1. The van der Waals surface area contributed by atoms with E-state index < -0.39 is 5.97 Å². The molecule has 5 nitrogen and oxygen atoms in total. The Labute approximate surface area is 132 Å². The fourth-order valence-electron chi connectivity index (χ4n) is 2.37. The first-order valence-corrected chi connectivity index (χ1v) is 7.35. The van der Waals surface area contributed by atoms with Crippen molar-refractivity contribution >= 4 is 40.9 Å². The molecular formula is C14H16Cl2N2O3. The van der Waals surface area contributed by atoms with Gasteiger partial charge < -0.3 is 15.3 Å². The fraction of sp³-hybridized carbons (Fsp3) is 0.429. The number of aliphatic carboxylic acids is 1. The van der Waals surface area contributed by atoms with Crippen molar-refractivity contribution in [2.24, 2.45) is 5.92 Å². The van der Waals surface area contributed by atoms with Gasteiger partial charge in [-0.15, -0.1) is 0 Å². The van der Waals surface area contributed by atoms with E-state index in [4.69, 9.17) is 28.3 Å². The molecule has 1 aliphatic rings. The highest BCUT2D eigenvalue weighted by Gasteiger charge is 2.28. The first kappa shape index (κ1) is 15.9. The van der Waals surface area contributed by atoms with E-state index in [2.05, 4.69) is 5.32 Å². The number of benzene rings is 1. The number of carbonyl (C=O) groups is 2. The molecule has 0 aliphatic carbocycles. The van der Waals surface area contributed by atoms with Crippen LogP contribution in [0.2, 0.25) is 10.0 Å². The summed E-state index contributed by atoms with van der Waals surface area (Å²) >= 11 is 12.1. The number of nitrogens with one attached hydrogen (secondary N) is 1. The van der Waals surface area contributed by atoms with Crippen LogP contribution in [-0.4, -0.2) is 35.1 Å². The number of hydrogen-bond donors (Lipinski definition) is 2. The lowest BCUT2D eigenvalue weighted by Gasteiger charge is -2.18. The van der Waals surface area contributed by atoms with Gasteiger partial charge in [-0.3, -0.25) is 4.79 Å². The molecule has 2 amide bonds. The number of hydrogen-bond acceptors (Lipinski definition) is 2. The molecule has 1 fully saturated rings. The summed E-state index contributed by atoms with van der Waals surface area (Å²) in [7, 11) is 0. The van der Waals surface area contributed by atoms with Crippen LogP contribution in [0, 0.1) is 12.8 Å². The largest absolute Gasteiger partial charge is 0.481 e. The first-order valence-electron chi connectivity index (χ1n) is 6.60. The summed E-state index contributed by atoms with van der Waals surface area (Å²) in [4.78, 5) is 24.4. The second kappa shape index (κ2) is 6.54. The summed E-state index contributed by atoms with van der Waals surface area (Å²) in [6, 6.07) is 3.02. The van der Waals surface area contributed by atoms with Gasteiger partial charge in [0.15, 0.2) is 0 Å². The molecule has 1 aromatic carbocycles. The molecule has 1 saturated heterocycles. The van der Waals surface area contributed by atoms with Crippen LogP contribution < -0.4 is 5.32 Å². The number of amides is 2. The maximum Gasteiger partial charge on any atom is 0.321 e. The maximum absolute atomic E-state index is 12.2. The van der Waals surface area contributed by atoms with Crippen molar-refractivity contribution in [2.75, 3.05) is 18.4 Å². The molecule has 0 spiro atoms. The highest BCUT2D eigenvalue weighted by Crippen LogP contribution is 2.29. The molecular weight excluding hydrogens is 315 g/mol. The Morgan fingerprint density at radius 3 is 2.76 bits per heavy atom. The van der Waals surface area contributed by atoms with E-state index in [1.807, 2.05) is 6.92 Å². The number of carboxylic acids is 1. The van der Waals surface area contributed by atoms with Crippen molar-refractivity contribution in [3.63, 3.8) is 0 Å². The summed E-state index contributed by atoms with van der Waals surface area (Å²) in [6.45, 7) is 2.81. The van der Waals surface area contributed by atoms with Gasteiger partial charge in [0.2, 0.25) is 0 Å². The van der Waals surface area contributed by atoms with E-state index in [9.17, 15) is 9.59 Å². The lowest BCUT2D eigenvalue weighted by Crippen LogP contribution is -2.33. The molecule has 0 saturated carbocycles. The van der Waals surface area contributed by atoms with E-state index in [0.29, 0.717) is 35.2 Å². The zero-order chi connectivity index (χ0) is 15.6.